The monoisotopic (exact) mass is 489 g/mol. The lowest BCUT2D eigenvalue weighted by molar-refractivity contribution is -0.134. The van der Waals surface area contributed by atoms with Crippen LogP contribution in [0, 0.1) is 0 Å². The number of esters is 1. The third kappa shape index (κ3) is 6.18. The van der Waals surface area contributed by atoms with Crippen molar-refractivity contribution in [3.05, 3.63) is 76.6 Å². The topological polar surface area (TPSA) is 120 Å². The zero-order valence-electron chi connectivity index (χ0n) is 20.5. The molecular weight excluding hydrogens is 462 g/mol. The van der Waals surface area contributed by atoms with Crippen molar-refractivity contribution in [2.24, 2.45) is 0 Å². The highest BCUT2D eigenvalue weighted by Crippen LogP contribution is 2.21. The van der Waals surface area contributed by atoms with Gasteiger partial charge in [0.1, 0.15) is 17.4 Å². The quantitative estimate of drug-likeness (QED) is 0.294. The molecule has 186 valence electrons. The molecular formula is C27H27N3O6. The highest BCUT2D eigenvalue weighted by atomic mass is 16.6. The van der Waals surface area contributed by atoms with Crippen LogP contribution in [-0.4, -0.2) is 28.7 Å². The van der Waals surface area contributed by atoms with Gasteiger partial charge in [-0.05, 0) is 68.3 Å². The molecule has 1 atom stereocenters. The van der Waals surface area contributed by atoms with Crippen LogP contribution in [0.25, 0.3) is 21.7 Å². The number of fused-ring (bicyclic) bond motifs is 2. The van der Waals surface area contributed by atoms with Gasteiger partial charge >= 0.3 is 17.7 Å². The number of nitrogens with one attached hydrogen (secondary N) is 2. The van der Waals surface area contributed by atoms with Gasteiger partial charge in [-0.25, -0.2) is 14.4 Å². The van der Waals surface area contributed by atoms with Gasteiger partial charge in [-0.1, -0.05) is 36.4 Å². The van der Waals surface area contributed by atoms with Crippen LogP contribution in [0.4, 0.5) is 10.8 Å². The number of hydrogen-bond acceptors (Lipinski definition) is 8. The Labute approximate surface area is 207 Å². The molecule has 36 heavy (non-hydrogen) atoms. The molecule has 1 heterocycles. The van der Waals surface area contributed by atoms with Gasteiger partial charge in [0.2, 0.25) is 0 Å². The maximum Gasteiger partial charge on any atom is 0.407 e. The number of anilines is 1. The van der Waals surface area contributed by atoms with Crippen molar-refractivity contribution >= 4 is 39.8 Å². The number of nitrogens with zero attached hydrogens (tertiary/aromatic N) is 1. The number of ether oxygens (including phenoxy) is 2. The lowest BCUT2D eigenvalue weighted by Crippen LogP contribution is -2.32. The Hall–Kier alpha value is -4.40. The van der Waals surface area contributed by atoms with Crippen molar-refractivity contribution in [2.75, 3.05) is 5.32 Å². The van der Waals surface area contributed by atoms with E-state index in [1.807, 2.05) is 30.3 Å². The van der Waals surface area contributed by atoms with Crippen LogP contribution in [0.5, 0.6) is 5.75 Å². The van der Waals surface area contributed by atoms with Crippen LogP contribution >= 0.6 is 0 Å². The standard InChI is InChI=1S/C27H27N3O6/c1-16(23(31)34-20-11-10-18-7-5-6-8-19(18)14-20)29-25-30-22-12-9-17(13-21(22)24(32)35-25)15-28-26(33)36-27(2,3)4/h5-14,16H,15H2,1-4H3,(H,28,33)(H,29,30)/t16-/m0/s1. The first-order valence-corrected chi connectivity index (χ1v) is 11.4. The lowest BCUT2D eigenvalue weighted by Gasteiger charge is -2.19. The molecule has 2 N–H and O–H groups in total. The van der Waals surface area contributed by atoms with Gasteiger partial charge in [-0.15, -0.1) is 0 Å². The fourth-order valence-electron chi connectivity index (χ4n) is 3.46. The maximum atomic E-state index is 12.6. The molecule has 0 fully saturated rings. The second-order valence-electron chi connectivity index (χ2n) is 9.31. The van der Waals surface area contributed by atoms with Crippen molar-refractivity contribution in [1.29, 1.82) is 0 Å². The highest BCUT2D eigenvalue weighted by molar-refractivity contribution is 5.86. The van der Waals surface area contributed by atoms with Gasteiger partial charge in [-0.3, -0.25) is 0 Å². The molecule has 4 rings (SSSR count). The minimum atomic E-state index is -0.832. The van der Waals surface area contributed by atoms with Crippen LogP contribution in [0.3, 0.4) is 0 Å². The molecule has 3 aromatic carbocycles. The van der Waals surface area contributed by atoms with E-state index in [0.29, 0.717) is 16.8 Å². The minimum Gasteiger partial charge on any atom is -0.444 e. The first-order valence-electron chi connectivity index (χ1n) is 11.4. The zero-order chi connectivity index (χ0) is 25.9. The van der Waals surface area contributed by atoms with E-state index >= 15 is 0 Å². The summed E-state index contributed by atoms with van der Waals surface area (Å²) in [7, 11) is 0. The van der Waals surface area contributed by atoms with Gasteiger partial charge in [0.25, 0.3) is 6.01 Å². The third-order valence-electron chi connectivity index (χ3n) is 5.16. The lowest BCUT2D eigenvalue weighted by atomic mass is 10.1. The Morgan fingerprint density at radius 2 is 1.78 bits per heavy atom. The molecule has 4 aromatic rings. The summed E-state index contributed by atoms with van der Waals surface area (Å²) in [4.78, 5) is 41.3. The molecule has 9 heteroatoms. The summed E-state index contributed by atoms with van der Waals surface area (Å²) >= 11 is 0. The number of aromatic nitrogens is 1. The van der Waals surface area contributed by atoms with Crippen LogP contribution in [0.15, 0.2) is 69.9 Å². The number of rotatable bonds is 6. The predicted molar refractivity (Wildman–Crippen MR) is 136 cm³/mol. The average Bonchev–Trinajstić information content (AvgIpc) is 2.81. The Balaban J connectivity index is 1.42. The Bertz CT molecular complexity index is 1490. The number of alkyl carbamates (subject to hydrolysis) is 1. The number of hydrogen-bond donors (Lipinski definition) is 2. The van der Waals surface area contributed by atoms with Gasteiger partial charge in [0.15, 0.2) is 0 Å². The molecule has 0 radical (unpaired) electrons. The van der Waals surface area contributed by atoms with Crippen molar-refractivity contribution in [3.63, 3.8) is 0 Å². The summed E-state index contributed by atoms with van der Waals surface area (Å²) in [5.41, 5.74) is -0.182. The van der Waals surface area contributed by atoms with Crippen LogP contribution in [-0.2, 0) is 16.1 Å². The number of benzene rings is 3. The zero-order valence-corrected chi connectivity index (χ0v) is 20.5. The molecule has 0 saturated heterocycles. The number of carbonyl (C=O) groups excluding carboxylic acids is 2. The summed E-state index contributed by atoms with van der Waals surface area (Å²) in [6.07, 6.45) is -0.558. The predicted octanol–water partition coefficient (Wildman–Crippen LogP) is 4.77. The largest absolute Gasteiger partial charge is 0.444 e. The SMILES string of the molecule is C[C@H](Nc1nc2ccc(CNC(=O)OC(C)(C)C)cc2c(=O)o1)C(=O)Oc1ccc2ccccc2c1. The number of carbonyl (C=O) groups is 2. The second-order valence-corrected chi connectivity index (χ2v) is 9.31. The van der Waals surface area contributed by atoms with E-state index < -0.39 is 29.3 Å². The molecule has 0 bridgehead atoms. The Morgan fingerprint density at radius 1 is 1.03 bits per heavy atom. The minimum absolute atomic E-state index is 0.102. The molecule has 0 aliphatic heterocycles. The fraction of sp³-hybridized carbons (Fsp3) is 0.259. The number of amides is 1. The van der Waals surface area contributed by atoms with E-state index in [1.165, 1.54) is 0 Å². The highest BCUT2D eigenvalue weighted by Gasteiger charge is 2.19. The van der Waals surface area contributed by atoms with Crippen molar-refractivity contribution < 1.29 is 23.5 Å². The molecule has 1 aromatic heterocycles. The molecule has 0 unspecified atom stereocenters. The average molecular weight is 490 g/mol. The molecule has 0 saturated carbocycles. The molecule has 1 amide bonds. The van der Waals surface area contributed by atoms with E-state index in [2.05, 4.69) is 15.6 Å². The van der Waals surface area contributed by atoms with Crippen molar-refractivity contribution in [1.82, 2.24) is 10.3 Å². The van der Waals surface area contributed by atoms with Gasteiger partial charge < -0.3 is 24.5 Å². The summed E-state index contributed by atoms with van der Waals surface area (Å²) in [6, 6.07) is 17.1. The van der Waals surface area contributed by atoms with E-state index in [0.717, 1.165) is 10.8 Å². The van der Waals surface area contributed by atoms with Crippen LogP contribution in [0.1, 0.15) is 33.3 Å². The normalized spacial score (nSPS) is 12.2. The first kappa shape index (κ1) is 24.7. The van der Waals surface area contributed by atoms with E-state index in [9.17, 15) is 14.4 Å². The Kier molecular flexibility index (Phi) is 6.91. The third-order valence-corrected chi connectivity index (χ3v) is 5.16. The summed E-state index contributed by atoms with van der Waals surface area (Å²) < 4.78 is 16.0. The molecule has 0 spiro atoms. The second kappa shape index (κ2) is 10.1. The van der Waals surface area contributed by atoms with Gasteiger partial charge in [0.05, 0.1) is 10.9 Å². The molecule has 0 aliphatic carbocycles. The summed E-state index contributed by atoms with van der Waals surface area (Å²) in [5, 5.41) is 7.66. The van der Waals surface area contributed by atoms with Gasteiger partial charge in [0, 0.05) is 6.54 Å². The van der Waals surface area contributed by atoms with Crippen molar-refractivity contribution in [2.45, 2.75) is 45.9 Å². The van der Waals surface area contributed by atoms with Crippen LogP contribution < -0.4 is 21.0 Å². The van der Waals surface area contributed by atoms with Crippen molar-refractivity contribution in [3.8, 4) is 5.75 Å². The summed E-state index contributed by atoms with van der Waals surface area (Å²) in [6.45, 7) is 7.07. The molecule has 0 aliphatic rings. The Morgan fingerprint density at radius 3 is 2.53 bits per heavy atom. The van der Waals surface area contributed by atoms with E-state index in [4.69, 9.17) is 13.9 Å². The first-order chi connectivity index (χ1) is 17.1. The van der Waals surface area contributed by atoms with E-state index in [1.54, 1.807) is 58.0 Å². The fourth-order valence-corrected chi connectivity index (χ4v) is 3.46. The molecule has 9 nitrogen and oxygen atoms in total. The smallest absolute Gasteiger partial charge is 0.407 e. The van der Waals surface area contributed by atoms with E-state index in [-0.39, 0.29) is 17.9 Å². The van der Waals surface area contributed by atoms with Gasteiger partial charge in [-0.2, -0.15) is 4.98 Å². The van der Waals surface area contributed by atoms with Crippen LogP contribution in [0.2, 0.25) is 0 Å². The summed E-state index contributed by atoms with van der Waals surface area (Å²) in [5.74, 6) is -0.147. The maximum absolute atomic E-state index is 12.6.